The van der Waals surface area contributed by atoms with E-state index in [1.165, 1.54) is 12.3 Å². The van der Waals surface area contributed by atoms with Crippen LogP contribution in [0.15, 0.2) is 23.6 Å². The molecule has 2 heterocycles. The summed E-state index contributed by atoms with van der Waals surface area (Å²) in [4.78, 5) is 42.8. The Morgan fingerprint density at radius 2 is 1.97 bits per heavy atom. The number of carbonyl (C=O) groups is 3. The normalized spacial score (nSPS) is 10.7. The van der Waals surface area contributed by atoms with Crippen LogP contribution in [0.2, 0.25) is 0 Å². The van der Waals surface area contributed by atoms with Crippen LogP contribution in [0.1, 0.15) is 39.0 Å². The van der Waals surface area contributed by atoms with Crippen LogP contribution in [0, 0.1) is 25.5 Å². The second-order valence-corrected chi connectivity index (χ2v) is 7.33. The van der Waals surface area contributed by atoms with Gasteiger partial charge in [-0.15, -0.1) is 11.3 Å². The number of aromatic amines is 1. The second kappa shape index (κ2) is 8.54. The minimum absolute atomic E-state index is 0.0305. The van der Waals surface area contributed by atoms with Crippen LogP contribution in [0.4, 0.5) is 13.9 Å². The Bertz CT molecular complexity index is 1150. The molecule has 0 saturated heterocycles. The first kappa shape index (κ1) is 21.3. The molecule has 0 aliphatic carbocycles. The topological polar surface area (TPSA) is 101 Å². The molecule has 1 aromatic carbocycles. The summed E-state index contributed by atoms with van der Waals surface area (Å²) in [6.07, 6.45) is 0. The number of benzene rings is 1. The van der Waals surface area contributed by atoms with Gasteiger partial charge in [-0.05, 0) is 44.5 Å². The highest BCUT2D eigenvalue weighted by Crippen LogP contribution is 2.27. The molecule has 0 aliphatic rings. The van der Waals surface area contributed by atoms with Crippen LogP contribution >= 0.6 is 11.3 Å². The SMILES string of the molecule is CC(=O)c1c(C)[nH]c(C(=O)OCC(=O)Nc2nc(-c3cc(F)ccc3F)cs2)c1C. The van der Waals surface area contributed by atoms with Crippen molar-refractivity contribution < 1.29 is 27.9 Å². The Hall–Kier alpha value is -3.40. The number of hydrogen-bond donors (Lipinski definition) is 2. The number of aryl methyl sites for hydroxylation is 1. The maximum absolute atomic E-state index is 13.8. The first-order valence-corrected chi connectivity index (χ1v) is 9.63. The average molecular weight is 433 g/mol. The number of rotatable bonds is 6. The van der Waals surface area contributed by atoms with Crippen molar-refractivity contribution in [2.75, 3.05) is 11.9 Å². The molecule has 3 rings (SSSR count). The third-order valence-electron chi connectivity index (χ3n) is 4.28. The third-order valence-corrected chi connectivity index (χ3v) is 5.04. The Morgan fingerprint density at radius 1 is 1.23 bits per heavy atom. The standard InChI is InChI=1S/C20H17F2N3O4S/c1-9-17(11(3)26)10(2)23-18(9)19(28)29-7-16(27)25-20-24-15(8-30-20)13-6-12(21)4-5-14(13)22/h4-6,8,23H,7H2,1-3H3,(H,24,25,27). The number of nitrogens with zero attached hydrogens (tertiary/aromatic N) is 1. The van der Waals surface area contributed by atoms with Gasteiger partial charge in [0, 0.05) is 22.2 Å². The number of H-pyrrole nitrogens is 1. The van der Waals surface area contributed by atoms with E-state index in [9.17, 15) is 23.2 Å². The summed E-state index contributed by atoms with van der Waals surface area (Å²) in [5.74, 6) is -2.88. The number of aromatic nitrogens is 2. The zero-order valence-corrected chi connectivity index (χ0v) is 17.1. The summed E-state index contributed by atoms with van der Waals surface area (Å²) in [5.41, 5.74) is 1.63. The van der Waals surface area contributed by atoms with Gasteiger partial charge in [-0.3, -0.25) is 14.9 Å². The minimum atomic E-state index is -0.778. The molecule has 0 atom stereocenters. The number of ketones is 1. The van der Waals surface area contributed by atoms with E-state index in [4.69, 9.17) is 4.74 Å². The van der Waals surface area contributed by atoms with Crippen molar-refractivity contribution in [1.29, 1.82) is 0 Å². The average Bonchev–Trinajstić information content (AvgIpc) is 3.25. The Morgan fingerprint density at radius 3 is 2.63 bits per heavy atom. The van der Waals surface area contributed by atoms with E-state index in [0.29, 0.717) is 16.8 Å². The molecule has 10 heteroatoms. The number of esters is 1. The lowest BCUT2D eigenvalue weighted by molar-refractivity contribution is -0.119. The summed E-state index contributed by atoms with van der Waals surface area (Å²) >= 11 is 1.01. The van der Waals surface area contributed by atoms with Gasteiger partial charge in [-0.25, -0.2) is 18.6 Å². The van der Waals surface area contributed by atoms with Crippen molar-refractivity contribution in [3.8, 4) is 11.3 Å². The molecule has 1 amide bonds. The highest BCUT2D eigenvalue weighted by Gasteiger charge is 2.21. The largest absolute Gasteiger partial charge is 0.451 e. The van der Waals surface area contributed by atoms with Crippen molar-refractivity contribution in [3.63, 3.8) is 0 Å². The van der Waals surface area contributed by atoms with Gasteiger partial charge < -0.3 is 9.72 Å². The van der Waals surface area contributed by atoms with Gasteiger partial charge in [0.25, 0.3) is 5.91 Å². The van der Waals surface area contributed by atoms with Crippen LogP contribution in [0.3, 0.4) is 0 Å². The smallest absolute Gasteiger partial charge is 0.355 e. The lowest BCUT2D eigenvalue weighted by atomic mass is 10.1. The number of nitrogens with one attached hydrogen (secondary N) is 2. The first-order chi connectivity index (χ1) is 14.2. The van der Waals surface area contributed by atoms with Crippen LogP contribution in [-0.2, 0) is 9.53 Å². The highest BCUT2D eigenvalue weighted by atomic mass is 32.1. The molecule has 0 radical (unpaired) electrons. The molecular weight excluding hydrogens is 416 g/mol. The second-order valence-electron chi connectivity index (χ2n) is 6.47. The lowest BCUT2D eigenvalue weighted by Gasteiger charge is -2.04. The van der Waals surface area contributed by atoms with Gasteiger partial charge in [-0.1, -0.05) is 0 Å². The van der Waals surface area contributed by atoms with Gasteiger partial charge >= 0.3 is 5.97 Å². The predicted molar refractivity (Wildman–Crippen MR) is 107 cm³/mol. The Balaban J connectivity index is 1.62. The molecular formula is C20H17F2N3O4S. The van der Waals surface area contributed by atoms with Crippen molar-refractivity contribution >= 4 is 34.1 Å². The van der Waals surface area contributed by atoms with Crippen LogP contribution in [-0.4, -0.2) is 34.2 Å². The van der Waals surface area contributed by atoms with Crippen molar-refractivity contribution in [3.05, 3.63) is 57.7 Å². The van der Waals surface area contributed by atoms with Crippen molar-refractivity contribution in [2.24, 2.45) is 0 Å². The van der Waals surface area contributed by atoms with Crippen molar-refractivity contribution in [1.82, 2.24) is 9.97 Å². The maximum atomic E-state index is 13.8. The fourth-order valence-corrected chi connectivity index (χ4v) is 3.72. The number of hydrogen-bond acceptors (Lipinski definition) is 6. The van der Waals surface area contributed by atoms with Gasteiger partial charge in [0.05, 0.1) is 5.69 Å². The molecule has 7 nitrogen and oxygen atoms in total. The lowest BCUT2D eigenvalue weighted by Crippen LogP contribution is -2.21. The summed E-state index contributed by atoms with van der Waals surface area (Å²) < 4.78 is 32.2. The van der Waals surface area contributed by atoms with Gasteiger partial charge in [0.1, 0.15) is 17.3 Å². The fraction of sp³-hybridized carbons (Fsp3) is 0.200. The van der Waals surface area contributed by atoms with Crippen LogP contribution in [0.25, 0.3) is 11.3 Å². The third kappa shape index (κ3) is 4.43. The van der Waals surface area contributed by atoms with Gasteiger partial charge in [0.15, 0.2) is 17.5 Å². The van der Waals surface area contributed by atoms with E-state index >= 15 is 0 Å². The van der Waals surface area contributed by atoms with Gasteiger partial charge in [-0.2, -0.15) is 0 Å². The van der Waals surface area contributed by atoms with E-state index < -0.39 is 30.1 Å². The first-order valence-electron chi connectivity index (χ1n) is 8.75. The molecule has 3 aromatic rings. The number of Topliss-reactive ketones (excluding diaryl/α,β-unsaturated/α-hetero) is 1. The molecule has 0 bridgehead atoms. The molecule has 0 fully saturated rings. The monoisotopic (exact) mass is 433 g/mol. The number of thiazole rings is 1. The number of ether oxygens (including phenoxy) is 1. The number of anilines is 1. The van der Waals surface area contributed by atoms with E-state index in [1.807, 2.05) is 0 Å². The predicted octanol–water partition coefficient (Wildman–Crippen LogP) is 4.03. The summed E-state index contributed by atoms with van der Waals surface area (Å²) in [5, 5.41) is 4.04. The quantitative estimate of drug-likeness (QED) is 0.452. The van der Waals surface area contributed by atoms with Crippen LogP contribution in [0.5, 0.6) is 0 Å². The molecule has 2 aromatic heterocycles. The molecule has 2 N–H and O–H groups in total. The summed E-state index contributed by atoms with van der Waals surface area (Å²) in [6.45, 7) is 4.08. The zero-order valence-electron chi connectivity index (χ0n) is 16.3. The molecule has 0 unspecified atom stereocenters. The van der Waals surface area contributed by atoms with E-state index in [1.54, 1.807) is 13.8 Å². The van der Waals surface area contributed by atoms with E-state index in [2.05, 4.69) is 15.3 Å². The fourth-order valence-electron chi connectivity index (χ4n) is 2.99. The Labute approximate surface area is 174 Å². The maximum Gasteiger partial charge on any atom is 0.355 e. The number of halogens is 2. The van der Waals surface area contributed by atoms with Gasteiger partial charge in [0.2, 0.25) is 0 Å². The molecule has 156 valence electrons. The van der Waals surface area contributed by atoms with E-state index in [0.717, 1.165) is 29.5 Å². The molecule has 0 saturated carbocycles. The number of amides is 1. The molecule has 0 aliphatic heterocycles. The van der Waals surface area contributed by atoms with Crippen molar-refractivity contribution in [2.45, 2.75) is 20.8 Å². The highest BCUT2D eigenvalue weighted by molar-refractivity contribution is 7.14. The zero-order chi connectivity index (χ0) is 22.0. The van der Waals surface area contributed by atoms with E-state index in [-0.39, 0.29) is 27.9 Å². The summed E-state index contributed by atoms with van der Waals surface area (Å²) in [7, 11) is 0. The Kier molecular flexibility index (Phi) is 6.06. The minimum Gasteiger partial charge on any atom is -0.451 e. The van der Waals surface area contributed by atoms with Crippen LogP contribution < -0.4 is 5.32 Å². The summed E-state index contributed by atoms with van der Waals surface area (Å²) in [6, 6.07) is 2.99. The number of carbonyl (C=O) groups excluding carboxylic acids is 3. The molecule has 0 spiro atoms. The molecule has 30 heavy (non-hydrogen) atoms.